The minimum Gasteiger partial charge on any atom is -0.508 e. The van der Waals surface area contributed by atoms with Crippen molar-refractivity contribution in [2.24, 2.45) is 17.4 Å². The van der Waals surface area contributed by atoms with Crippen molar-refractivity contribution in [1.82, 2.24) is 62.6 Å². The summed E-state index contributed by atoms with van der Waals surface area (Å²) in [4.78, 5) is 182. The van der Waals surface area contributed by atoms with E-state index in [0.29, 0.717) is 58.8 Å². The van der Waals surface area contributed by atoms with Gasteiger partial charge in [-0.15, -0.1) is 0 Å². The highest BCUT2D eigenvalue weighted by Gasteiger charge is 2.44. The molecule has 6 aromatic rings. The number of aromatic amines is 1. The number of primary amides is 1. The first-order valence-corrected chi connectivity index (χ1v) is 34.6. The highest BCUT2D eigenvalue weighted by Crippen LogP contribution is 2.26. The number of carbonyl (C=O) groups is 12. The number of para-hydroxylation sites is 1. The molecule has 102 heavy (non-hydrogen) atoms. The van der Waals surface area contributed by atoms with Gasteiger partial charge in [-0.3, -0.25) is 57.5 Å². The zero-order valence-electron chi connectivity index (χ0n) is 57.6. The fourth-order valence-electron chi connectivity index (χ4n) is 13.4. The summed E-state index contributed by atoms with van der Waals surface area (Å²) >= 11 is 0. The fourth-order valence-corrected chi connectivity index (χ4v) is 13.4. The van der Waals surface area contributed by atoms with Gasteiger partial charge in [0.1, 0.15) is 71.5 Å². The number of phenols is 1. The number of aromatic nitrogens is 1. The molecule has 0 bridgehead atoms. The lowest BCUT2D eigenvalue weighted by atomic mass is 9.90. The Morgan fingerprint density at radius 2 is 1.37 bits per heavy atom. The first-order chi connectivity index (χ1) is 48.7. The molecule has 0 spiro atoms. The van der Waals surface area contributed by atoms with Crippen LogP contribution in [0.4, 0.5) is 4.39 Å². The summed E-state index contributed by atoms with van der Waals surface area (Å²) in [7, 11) is 0. The Labute approximate surface area is 589 Å². The summed E-state index contributed by atoms with van der Waals surface area (Å²) in [6.45, 7) is 6.23. The van der Waals surface area contributed by atoms with E-state index >= 15 is 24.0 Å². The number of unbranched alkanes of at least 4 members (excludes halogenated alkanes) is 1. The average molecular weight is 1400 g/mol. The minimum atomic E-state index is -2.17. The molecule has 0 radical (unpaired) electrons. The Hall–Kier alpha value is -10.8. The van der Waals surface area contributed by atoms with Crippen LogP contribution >= 0.6 is 0 Å². The van der Waals surface area contributed by atoms with Crippen LogP contribution in [-0.2, 0) is 83.2 Å². The van der Waals surface area contributed by atoms with Gasteiger partial charge in [-0.1, -0.05) is 98.8 Å². The molecule has 27 nitrogen and oxygen atoms in total. The van der Waals surface area contributed by atoms with Crippen molar-refractivity contribution in [2.45, 2.75) is 171 Å². The van der Waals surface area contributed by atoms with Crippen LogP contribution in [0.2, 0.25) is 0 Å². The van der Waals surface area contributed by atoms with E-state index in [-0.39, 0.29) is 88.6 Å². The summed E-state index contributed by atoms with van der Waals surface area (Å²) in [5.74, 6) is -11.4. The molecule has 9 rings (SSSR count). The third-order valence-electron chi connectivity index (χ3n) is 18.9. The van der Waals surface area contributed by atoms with Gasteiger partial charge in [0.25, 0.3) is 0 Å². The Morgan fingerprint density at radius 1 is 0.706 bits per heavy atom. The number of aromatic hydroxyl groups is 1. The van der Waals surface area contributed by atoms with E-state index in [4.69, 9.17) is 11.5 Å². The lowest BCUT2D eigenvalue weighted by molar-refractivity contribution is -0.142. The normalized spacial score (nSPS) is 22.7. The van der Waals surface area contributed by atoms with Gasteiger partial charge < -0.3 is 79.2 Å². The molecule has 15 N–H and O–H groups in total. The zero-order valence-corrected chi connectivity index (χ0v) is 57.6. The SMILES string of the molecule is CC(=O)N1CCC[C@H]1C(=O)N[C@H](Cc1ccc(F)cc1)C(=O)N[C@H](Cc1c[nH]c2ccccc12)C(=O)N[C@H]1CC(=O)NC[C@@H](C(N)=O)NC(=O)[C@@H]2CCCN2C(=O)[C@H](CCCCN)NC(=O)[C@H](CC(C)C)NC(=O)[C@@H](Cc2ccc3ccccc3c2)NC(=O)[C@](C)(Cc2ccc(O)cc2)NC1=O. The monoisotopic (exact) mass is 1400 g/mol. The molecule has 5 aromatic carbocycles. The molecule has 3 aliphatic rings. The Kier molecular flexibility index (Phi) is 25.5. The number of likely N-dealkylation sites (tertiary alicyclic amines) is 1. The molecule has 28 heteroatoms. The summed E-state index contributed by atoms with van der Waals surface area (Å²) in [6, 6.07) is 17.7. The van der Waals surface area contributed by atoms with Crippen molar-refractivity contribution in [2.75, 3.05) is 26.2 Å². The second kappa shape index (κ2) is 34.5. The number of H-pyrrole nitrogens is 1. The van der Waals surface area contributed by atoms with Gasteiger partial charge in [-0.25, -0.2) is 4.39 Å². The second-order valence-corrected chi connectivity index (χ2v) is 27.2. The molecule has 1 aromatic heterocycles. The predicted molar refractivity (Wildman–Crippen MR) is 376 cm³/mol. The van der Waals surface area contributed by atoms with Crippen LogP contribution in [0.5, 0.6) is 5.75 Å². The summed E-state index contributed by atoms with van der Waals surface area (Å²) in [6.07, 6.45) is 1.72. The topological polar surface area (TPSA) is 408 Å². The molecule has 0 unspecified atom stereocenters. The number of halogens is 1. The van der Waals surface area contributed by atoms with Gasteiger partial charge in [0, 0.05) is 69.3 Å². The number of benzene rings is 5. The predicted octanol–water partition coefficient (Wildman–Crippen LogP) is 1.89. The fraction of sp³-hybridized carbons (Fsp3) is 0.432. The maximum absolute atomic E-state index is 15.7. The number of nitrogens with two attached hydrogens (primary N) is 2. The van der Waals surface area contributed by atoms with Crippen LogP contribution in [0.1, 0.15) is 108 Å². The number of nitrogens with zero attached hydrogens (tertiary/aromatic N) is 2. The summed E-state index contributed by atoms with van der Waals surface area (Å²) in [5.41, 5.74) is 12.0. The molecule has 10 atom stereocenters. The van der Waals surface area contributed by atoms with Crippen LogP contribution in [0, 0.1) is 11.7 Å². The summed E-state index contributed by atoms with van der Waals surface area (Å²) in [5, 5.41) is 37.3. The third kappa shape index (κ3) is 19.8. The first kappa shape index (κ1) is 75.4. The first-order valence-electron chi connectivity index (χ1n) is 34.6. The molecule has 12 amide bonds. The maximum Gasteiger partial charge on any atom is 0.246 e. The molecule has 3 aliphatic heterocycles. The lowest BCUT2D eigenvalue weighted by Crippen LogP contribution is -2.65. The zero-order chi connectivity index (χ0) is 73.4. The number of phenolic OH excluding ortho intramolecular Hbond substituents is 1. The van der Waals surface area contributed by atoms with E-state index in [0.717, 1.165) is 10.8 Å². The van der Waals surface area contributed by atoms with Crippen LogP contribution in [0.25, 0.3) is 21.7 Å². The summed E-state index contributed by atoms with van der Waals surface area (Å²) < 4.78 is 14.3. The third-order valence-corrected chi connectivity index (χ3v) is 18.9. The molecule has 0 saturated carbocycles. The molecule has 3 saturated heterocycles. The minimum absolute atomic E-state index is 0.0383. The van der Waals surface area contributed by atoms with Crippen molar-refractivity contribution < 1.29 is 67.0 Å². The van der Waals surface area contributed by atoms with Gasteiger partial charge in [0.2, 0.25) is 70.9 Å². The van der Waals surface area contributed by atoms with E-state index in [1.807, 2.05) is 50.2 Å². The number of hydrogen-bond donors (Lipinski definition) is 13. The van der Waals surface area contributed by atoms with Crippen LogP contribution < -0.4 is 59.3 Å². The van der Waals surface area contributed by atoms with Gasteiger partial charge in [0.15, 0.2) is 0 Å². The highest BCUT2D eigenvalue weighted by molar-refractivity contribution is 6.02. The lowest BCUT2D eigenvalue weighted by Gasteiger charge is -2.34. The van der Waals surface area contributed by atoms with Gasteiger partial charge in [-0.05, 0) is 134 Å². The molecular formula is C74H91FN14O13. The number of amides is 12. The van der Waals surface area contributed by atoms with Crippen molar-refractivity contribution in [3.8, 4) is 5.75 Å². The van der Waals surface area contributed by atoms with E-state index in [1.54, 1.807) is 36.5 Å². The van der Waals surface area contributed by atoms with Crippen LogP contribution in [0.3, 0.4) is 0 Å². The molecule has 542 valence electrons. The van der Waals surface area contributed by atoms with Gasteiger partial charge in [-0.2, -0.15) is 0 Å². The van der Waals surface area contributed by atoms with E-state index < -0.39 is 144 Å². The smallest absolute Gasteiger partial charge is 0.246 e. The largest absolute Gasteiger partial charge is 0.508 e. The average Bonchev–Trinajstić information content (AvgIpc) is 0.919. The van der Waals surface area contributed by atoms with E-state index in [9.17, 15) is 43.1 Å². The van der Waals surface area contributed by atoms with Crippen LogP contribution in [-0.4, -0.2) is 177 Å². The van der Waals surface area contributed by atoms with E-state index in [2.05, 4.69) is 52.8 Å². The quantitative estimate of drug-likeness (QED) is 0.0458. The number of fused-ring (bicyclic) bond motifs is 3. The molecule has 4 heterocycles. The Balaban J connectivity index is 1.12. The Morgan fingerprint density at radius 3 is 2.09 bits per heavy atom. The highest BCUT2D eigenvalue weighted by atomic mass is 19.1. The molecule has 3 fully saturated rings. The standard InChI is InChI=1S/C74H91FN14O13/c1-42(2)33-55-65(94)80-54(17-9-10-30-76)72(101)89-32-12-19-62(89)71(100)85-60(64(77)93)41-79-63(92)38-59(69(98)87-74(4,39-45-23-28-51(91)29-24-45)73(102)86-57(67(96)81-55)36-46-20-25-47-13-5-6-14-48(47)34-46)83-68(97)58(37-49-40-78-53-16-8-7-15-52(49)53)82-66(95)56(35-44-21-26-50(75)27-22-44)84-70(99)61-18-11-31-88(61)43(3)90/h5-8,13-16,20-29,34,40,42,54-62,78,91H,9-12,17-19,30-33,35-39,41,76H2,1-4H3,(H2,77,93)(H,79,92)(H,80,94)(H,81,96)(H,82,95)(H,83,97)(H,84,99)(H,85,100)(H,86,102)(H,87,98)/t54-,55-,56+,57+,58+,59-,60-,61-,62-,74-/m0/s1. The van der Waals surface area contributed by atoms with Crippen molar-refractivity contribution in [1.29, 1.82) is 0 Å². The number of nitrogens with one attached hydrogen (secondary N) is 10. The number of rotatable bonds is 21. The van der Waals surface area contributed by atoms with Crippen molar-refractivity contribution >= 4 is 92.6 Å². The number of carbonyl (C=O) groups excluding carboxylic acids is 12. The maximum atomic E-state index is 15.7. The van der Waals surface area contributed by atoms with Gasteiger partial charge >= 0.3 is 0 Å². The Bertz CT molecular complexity index is 4080. The van der Waals surface area contributed by atoms with Crippen molar-refractivity contribution in [3.05, 3.63) is 150 Å². The second-order valence-electron chi connectivity index (χ2n) is 27.2. The number of hydrogen-bond acceptors (Lipinski definition) is 14. The van der Waals surface area contributed by atoms with Gasteiger partial charge in [0.05, 0.1) is 6.42 Å². The van der Waals surface area contributed by atoms with Crippen molar-refractivity contribution in [3.63, 3.8) is 0 Å². The molecular weight excluding hydrogens is 1310 g/mol. The van der Waals surface area contributed by atoms with E-state index in [1.165, 1.54) is 72.2 Å². The van der Waals surface area contributed by atoms with Crippen LogP contribution in [0.15, 0.2) is 121 Å². The molecule has 0 aliphatic carbocycles.